The Kier molecular flexibility index (Phi) is 9.49. The molecule has 0 aliphatic heterocycles. The summed E-state index contributed by atoms with van der Waals surface area (Å²) in [7, 11) is 0. The lowest BCUT2D eigenvalue weighted by Crippen LogP contribution is -2.44. The Morgan fingerprint density at radius 2 is 1.57 bits per heavy atom. The highest BCUT2D eigenvalue weighted by Gasteiger charge is 2.33. The maximum atomic E-state index is 10.4. The third-order valence-electron chi connectivity index (χ3n) is 4.62. The van der Waals surface area contributed by atoms with Crippen LogP contribution < -0.4 is 0 Å². The lowest BCUT2D eigenvalue weighted by molar-refractivity contribution is -0.0112. The van der Waals surface area contributed by atoms with Gasteiger partial charge < -0.3 is 14.6 Å². The van der Waals surface area contributed by atoms with Crippen LogP contribution in [0.3, 0.4) is 0 Å². The lowest BCUT2D eigenvalue weighted by Gasteiger charge is -2.39. The number of aliphatic hydroxyl groups is 1. The van der Waals surface area contributed by atoms with Crippen molar-refractivity contribution in [1.82, 2.24) is 4.90 Å². The second kappa shape index (κ2) is 10.5. The molecule has 1 aliphatic carbocycles. The summed E-state index contributed by atoms with van der Waals surface area (Å²) in [6, 6.07) is 0. The maximum Gasteiger partial charge on any atom is 0.0593 e. The Hall–Kier alpha value is -0.160. The molecule has 21 heavy (non-hydrogen) atoms. The molecule has 4 heteroatoms. The topological polar surface area (TPSA) is 41.9 Å². The van der Waals surface area contributed by atoms with Gasteiger partial charge in [-0.3, -0.25) is 4.90 Å². The van der Waals surface area contributed by atoms with Crippen molar-refractivity contribution in [1.29, 1.82) is 0 Å². The molecule has 0 amide bonds. The summed E-state index contributed by atoms with van der Waals surface area (Å²) in [5, 5.41) is 10.4. The first kappa shape index (κ1) is 18.9. The first-order chi connectivity index (χ1) is 10.1. The average Bonchev–Trinajstić information content (AvgIpc) is 2.42. The van der Waals surface area contributed by atoms with Gasteiger partial charge in [0.15, 0.2) is 0 Å². The first-order valence-electron chi connectivity index (χ1n) is 8.64. The number of hydrogen-bond donors (Lipinski definition) is 1. The van der Waals surface area contributed by atoms with E-state index in [1.165, 1.54) is 6.42 Å². The summed E-state index contributed by atoms with van der Waals surface area (Å²) in [5.41, 5.74) is 0. The Morgan fingerprint density at radius 1 is 1.00 bits per heavy atom. The minimum atomic E-state index is -0.162. The molecule has 4 atom stereocenters. The number of hydrogen-bond acceptors (Lipinski definition) is 4. The highest BCUT2D eigenvalue weighted by atomic mass is 16.5. The van der Waals surface area contributed by atoms with E-state index >= 15 is 0 Å². The minimum Gasteiger partial charge on any atom is -0.393 e. The molecule has 0 radical (unpaired) electrons. The van der Waals surface area contributed by atoms with Gasteiger partial charge in [0.2, 0.25) is 0 Å². The summed E-state index contributed by atoms with van der Waals surface area (Å²) in [6.45, 7) is 14.4. The van der Waals surface area contributed by atoms with E-state index in [0.29, 0.717) is 17.8 Å². The summed E-state index contributed by atoms with van der Waals surface area (Å²) in [6.07, 6.45) is 2.01. The van der Waals surface area contributed by atoms with Crippen molar-refractivity contribution in [2.75, 3.05) is 46.1 Å². The second-order valence-electron chi connectivity index (χ2n) is 6.48. The largest absolute Gasteiger partial charge is 0.393 e. The van der Waals surface area contributed by atoms with Crippen LogP contribution in [0.5, 0.6) is 0 Å². The predicted molar refractivity (Wildman–Crippen MR) is 86.5 cm³/mol. The molecule has 0 saturated heterocycles. The number of aliphatic hydroxyl groups excluding tert-OH is 1. The van der Waals surface area contributed by atoms with Crippen LogP contribution >= 0.6 is 0 Å². The van der Waals surface area contributed by atoms with Gasteiger partial charge in [-0.25, -0.2) is 0 Å². The van der Waals surface area contributed by atoms with Gasteiger partial charge in [-0.05, 0) is 38.5 Å². The van der Waals surface area contributed by atoms with E-state index in [1.54, 1.807) is 0 Å². The van der Waals surface area contributed by atoms with Crippen LogP contribution in [0, 0.1) is 17.8 Å². The Balaban J connectivity index is 2.48. The maximum absolute atomic E-state index is 10.4. The number of ether oxygens (including phenoxy) is 2. The molecule has 4 unspecified atom stereocenters. The van der Waals surface area contributed by atoms with E-state index in [0.717, 1.165) is 52.5 Å². The molecular formula is C17H35NO3. The third-order valence-corrected chi connectivity index (χ3v) is 4.62. The van der Waals surface area contributed by atoms with Crippen molar-refractivity contribution in [2.45, 2.75) is 46.6 Å². The zero-order valence-electron chi connectivity index (χ0n) is 14.4. The van der Waals surface area contributed by atoms with Crippen LogP contribution in [0.25, 0.3) is 0 Å². The molecule has 0 heterocycles. The highest BCUT2D eigenvalue weighted by Crippen LogP contribution is 2.34. The van der Waals surface area contributed by atoms with Gasteiger partial charge in [0.25, 0.3) is 0 Å². The fraction of sp³-hybridized carbons (Fsp3) is 1.00. The van der Waals surface area contributed by atoms with Crippen LogP contribution in [0.15, 0.2) is 0 Å². The van der Waals surface area contributed by atoms with Crippen molar-refractivity contribution >= 4 is 0 Å². The fourth-order valence-corrected chi connectivity index (χ4v) is 3.44. The molecule has 0 spiro atoms. The normalized spacial score (nSPS) is 30.0. The molecule has 4 nitrogen and oxygen atoms in total. The Labute approximate surface area is 130 Å². The molecule has 0 aromatic carbocycles. The highest BCUT2D eigenvalue weighted by molar-refractivity contribution is 4.85. The predicted octanol–water partition coefficient (Wildman–Crippen LogP) is 2.40. The van der Waals surface area contributed by atoms with Gasteiger partial charge in [-0.1, -0.05) is 13.8 Å². The van der Waals surface area contributed by atoms with E-state index in [1.807, 2.05) is 13.8 Å². The summed E-state index contributed by atoms with van der Waals surface area (Å²) in [5.74, 6) is 1.61. The number of nitrogens with zero attached hydrogens (tertiary/aromatic N) is 1. The molecule has 126 valence electrons. The van der Waals surface area contributed by atoms with E-state index in [2.05, 4.69) is 18.7 Å². The number of rotatable bonds is 10. The van der Waals surface area contributed by atoms with Crippen molar-refractivity contribution < 1.29 is 14.6 Å². The molecule has 1 N–H and O–H groups in total. The van der Waals surface area contributed by atoms with Gasteiger partial charge in [-0.2, -0.15) is 0 Å². The van der Waals surface area contributed by atoms with Crippen molar-refractivity contribution in [3.63, 3.8) is 0 Å². The van der Waals surface area contributed by atoms with Crippen LogP contribution in [0.2, 0.25) is 0 Å². The monoisotopic (exact) mass is 301 g/mol. The molecule has 1 fully saturated rings. The molecular weight excluding hydrogens is 266 g/mol. The third kappa shape index (κ3) is 7.09. The molecule has 1 rings (SSSR count). The van der Waals surface area contributed by atoms with Crippen molar-refractivity contribution in [3.05, 3.63) is 0 Å². The van der Waals surface area contributed by atoms with Gasteiger partial charge >= 0.3 is 0 Å². The van der Waals surface area contributed by atoms with Crippen LogP contribution in [-0.4, -0.2) is 62.2 Å². The summed E-state index contributed by atoms with van der Waals surface area (Å²) in [4.78, 5) is 2.39. The average molecular weight is 301 g/mol. The summed E-state index contributed by atoms with van der Waals surface area (Å²) >= 11 is 0. The molecule has 1 aliphatic rings. The quantitative estimate of drug-likeness (QED) is 0.629. The van der Waals surface area contributed by atoms with Crippen molar-refractivity contribution in [3.8, 4) is 0 Å². The Morgan fingerprint density at radius 3 is 2.05 bits per heavy atom. The smallest absolute Gasteiger partial charge is 0.0593 e. The van der Waals surface area contributed by atoms with Gasteiger partial charge in [0.05, 0.1) is 19.3 Å². The van der Waals surface area contributed by atoms with Crippen LogP contribution in [0.1, 0.15) is 40.5 Å². The lowest BCUT2D eigenvalue weighted by atomic mass is 9.73. The first-order valence-corrected chi connectivity index (χ1v) is 8.64. The van der Waals surface area contributed by atoms with E-state index in [9.17, 15) is 5.11 Å². The second-order valence-corrected chi connectivity index (χ2v) is 6.48. The van der Waals surface area contributed by atoms with Gasteiger partial charge in [0, 0.05) is 38.8 Å². The molecule has 0 aromatic rings. The van der Waals surface area contributed by atoms with Crippen LogP contribution in [-0.2, 0) is 9.47 Å². The molecule has 0 aromatic heterocycles. The van der Waals surface area contributed by atoms with E-state index in [-0.39, 0.29) is 6.10 Å². The van der Waals surface area contributed by atoms with E-state index < -0.39 is 0 Å². The zero-order valence-corrected chi connectivity index (χ0v) is 14.4. The fourth-order valence-electron chi connectivity index (χ4n) is 3.44. The summed E-state index contributed by atoms with van der Waals surface area (Å²) < 4.78 is 11.0. The SMILES string of the molecule is CCOCCN(CCOCC)CC1C(C)CC(C)CC1O. The Bertz CT molecular complexity index is 240. The van der Waals surface area contributed by atoms with Crippen LogP contribution in [0.4, 0.5) is 0 Å². The van der Waals surface area contributed by atoms with E-state index in [4.69, 9.17) is 9.47 Å². The minimum absolute atomic E-state index is 0.162. The standard InChI is InChI=1S/C17H35NO3/c1-5-20-9-7-18(8-10-21-6-2)13-16-15(4)11-14(3)12-17(16)19/h14-17,19H,5-13H2,1-4H3. The van der Waals surface area contributed by atoms with Crippen molar-refractivity contribution in [2.24, 2.45) is 17.8 Å². The zero-order chi connectivity index (χ0) is 15.7. The molecule has 0 bridgehead atoms. The molecule has 1 saturated carbocycles. The van der Waals surface area contributed by atoms with Gasteiger partial charge in [0.1, 0.15) is 0 Å². The van der Waals surface area contributed by atoms with Gasteiger partial charge in [-0.15, -0.1) is 0 Å².